The fraction of sp³-hybridized carbons (Fsp3) is 0.526. The molecule has 0 saturated heterocycles. The van der Waals surface area contributed by atoms with Crippen molar-refractivity contribution in [2.24, 2.45) is 5.92 Å². The van der Waals surface area contributed by atoms with Crippen LogP contribution in [0.3, 0.4) is 0 Å². The maximum Gasteiger partial charge on any atom is 0.278 e. The molecule has 1 heterocycles. The molecule has 1 saturated carbocycles. The summed E-state index contributed by atoms with van der Waals surface area (Å²) in [6, 6.07) is 5.69. The van der Waals surface area contributed by atoms with Crippen LogP contribution in [0.25, 0.3) is 10.8 Å². The Morgan fingerprint density at radius 1 is 1.24 bits per heavy atom. The van der Waals surface area contributed by atoms with Gasteiger partial charge in [0.2, 0.25) is 0 Å². The van der Waals surface area contributed by atoms with Gasteiger partial charge >= 0.3 is 0 Å². The van der Waals surface area contributed by atoms with Crippen LogP contribution >= 0.6 is 0 Å². The Labute approximate surface area is 148 Å². The van der Waals surface area contributed by atoms with Gasteiger partial charge in [-0.25, -0.2) is 0 Å². The van der Waals surface area contributed by atoms with Crippen LogP contribution in [0.4, 0.5) is 11.4 Å². The molecule has 3 rings (SSSR count). The predicted molar refractivity (Wildman–Crippen MR) is 101 cm³/mol. The van der Waals surface area contributed by atoms with Gasteiger partial charge in [-0.3, -0.25) is 15.1 Å². The lowest BCUT2D eigenvalue weighted by atomic mass is 9.83. The first-order valence-electron chi connectivity index (χ1n) is 8.99. The lowest BCUT2D eigenvalue weighted by Crippen LogP contribution is -2.41. The number of nitrogens with one attached hydrogen (secondary N) is 1. The molecule has 1 aliphatic rings. The van der Waals surface area contributed by atoms with E-state index in [0.717, 1.165) is 17.6 Å². The number of rotatable bonds is 6. The van der Waals surface area contributed by atoms with Gasteiger partial charge in [0.05, 0.1) is 10.3 Å². The number of nitro groups is 1. The van der Waals surface area contributed by atoms with Crippen molar-refractivity contribution in [1.29, 1.82) is 0 Å². The van der Waals surface area contributed by atoms with Crippen LogP contribution in [0.1, 0.15) is 32.1 Å². The number of aromatic nitrogens is 1. The Bertz CT molecular complexity index is 741. The molecule has 6 heteroatoms. The smallest absolute Gasteiger partial charge is 0.278 e. The quantitative estimate of drug-likeness (QED) is 0.633. The number of nitro benzene ring substituents is 1. The third-order valence-electron chi connectivity index (χ3n) is 5.35. The van der Waals surface area contributed by atoms with Gasteiger partial charge in [0.15, 0.2) is 0 Å². The monoisotopic (exact) mass is 342 g/mol. The van der Waals surface area contributed by atoms with E-state index in [0.29, 0.717) is 17.3 Å². The van der Waals surface area contributed by atoms with Crippen molar-refractivity contribution < 1.29 is 4.92 Å². The summed E-state index contributed by atoms with van der Waals surface area (Å²) in [5.41, 5.74) is 1.04. The van der Waals surface area contributed by atoms with E-state index in [-0.39, 0.29) is 10.6 Å². The zero-order chi connectivity index (χ0) is 17.8. The Morgan fingerprint density at radius 3 is 2.68 bits per heavy atom. The molecule has 2 aromatic rings. The molecule has 134 valence electrons. The normalized spacial score (nSPS) is 16.9. The second kappa shape index (κ2) is 7.78. The van der Waals surface area contributed by atoms with Gasteiger partial charge < -0.3 is 10.2 Å². The Kier molecular flexibility index (Phi) is 5.48. The Hall–Kier alpha value is -2.21. The molecule has 1 N–H and O–H groups in total. The van der Waals surface area contributed by atoms with Crippen molar-refractivity contribution in [2.45, 2.75) is 38.1 Å². The van der Waals surface area contributed by atoms with E-state index < -0.39 is 0 Å². The van der Waals surface area contributed by atoms with Crippen molar-refractivity contribution >= 4 is 22.1 Å². The van der Waals surface area contributed by atoms with Crippen LogP contribution in [-0.4, -0.2) is 41.5 Å². The summed E-state index contributed by atoms with van der Waals surface area (Å²) < 4.78 is 0. The Balaban J connectivity index is 1.82. The summed E-state index contributed by atoms with van der Waals surface area (Å²) in [7, 11) is 4.28. The Morgan fingerprint density at radius 2 is 2.00 bits per heavy atom. The summed E-state index contributed by atoms with van der Waals surface area (Å²) in [5, 5.41) is 16.2. The number of likely N-dealkylation sites (N-methyl/N-ethyl adjacent to an activating group) is 1. The van der Waals surface area contributed by atoms with Crippen LogP contribution in [0, 0.1) is 16.0 Å². The van der Waals surface area contributed by atoms with E-state index in [4.69, 9.17) is 0 Å². The minimum atomic E-state index is -0.349. The fourth-order valence-electron chi connectivity index (χ4n) is 3.99. The summed E-state index contributed by atoms with van der Waals surface area (Å²) in [6.07, 6.45) is 9.82. The molecule has 0 amide bonds. The molecule has 25 heavy (non-hydrogen) atoms. The van der Waals surface area contributed by atoms with Gasteiger partial charge in [0.25, 0.3) is 5.69 Å². The van der Waals surface area contributed by atoms with Crippen molar-refractivity contribution in [1.82, 2.24) is 9.88 Å². The highest BCUT2D eigenvalue weighted by Gasteiger charge is 2.25. The summed E-state index contributed by atoms with van der Waals surface area (Å²) in [4.78, 5) is 17.2. The highest BCUT2D eigenvalue weighted by molar-refractivity contribution is 5.99. The number of hydrogen-bond acceptors (Lipinski definition) is 5. The number of pyridine rings is 1. The minimum absolute atomic E-state index is 0.102. The summed E-state index contributed by atoms with van der Waals surface area (Å²) in [5.74, 6) is 0.710. The van der Waals surface area contributed by atoms with Gasteiger partial charge in [-0.15, -0.1) is 0 Å². The van der Waals surface area contributed by atoms with E-state index in [9.17, 15) is 10.1 Å². The van der Waals surface area contributed by atoms with Crippen LogP contribution in [0.15, 0.2) is 30.6 Å². The van der Waals surface area contributed by atoms with Crippen molar-refractivity contribution in [3.05, 3.63) is 40.7 Å². The van der Waals surface area contributed by atoms with Crippen molar-refractivity contribution in [2.75, 3.05) is 26.0 Å². The highest BCUT2D eigenvalue weighted by atomic mass is 16.6. The van der Waals surface area contributed by atoms with Gasteiger partial charge in [0, 0.05) is 42.1 Å². The number of nitrogens with zero attached hydrogens (tertiary/aromatic N) is 3. The van der Waals surface area contributed by atoms with Gasteiger partial charge in [-0.1, -0.05) is 19.3 Å². The molecular formula is C19H26N4O2. The van der Waals surface area contributed by atoms with E-state index in [1.807, 2.05) is 12.1 Å². The van der Waals surface area contributed by atoms with E-state index >= 15 is 0 Å². The van der Waals surface area contributed by atoms with Crippen LogP contribution in [-0.2, 0) is 0 Å². The number of hydrogen-bond donors (Lipinski definition) is 1. The molecule has 1 unspecified atom stereocenters. The van der Waals surface area contributed by atoms with E-state index in [1.54, 1.807) is 18.5 Å². The van der Waals surface area contributed by atoms with E-state index in [1.165, 1.54) is 32.1 Å². The first kappa shape index (κ1) is 17.6. The number of fused-ring (bicyclic) bond motifs is 1. The van der Waals surface area contributed by atoms with Crippen LogP contribution < -0.4 is 5.32 Å². The average molecular weight is 342 g/mol. The third kappa shape index (κ3) is 3.90. The molecule has 6 nitrogen and oxygen atoms in total. The number of non-ortho nitro benzene ring substituents is 1. The van der Waals surface area contributed by atoms with Gasteiger partial charge in [-0.2, -0.15) is 0 Å². The molecule has 1 aromatic carbocycles. The topological polar surface area (TPSA) is 71.3 Å². The maximum atomic E-state index is 11.2. The molecule has 0 radical (unpaired) electrons. The summed E-state index contributed by atoms with van der Waals surface area (Å²) >= 11 is 0. The van der Waals surface area contributed by atoms with Crippen molar-refractivity contribution in [3.63, 3.8) is 0 Å². The minimum Gasteiger partial charge on any atom is -0.383 e. The first-order chi connectivity index (χ1) is 12.1. The molecule has 0 spiro atoms. The zero-order valence-corrected chi connectivity index (χ0v) is 14.9. The molecule has 1 atom stereocenters. The maximum absolute atomic E-state index is 11.2. The second-order valence-electron chi connectivity index (χ2n) is 7.12. The first-order valence-corrected chi connectivity index (χ1v) is 8.99. The van der Waals surface area contributed by atoms with Crippen LogP contribution in [0.5, 0.6) is 0 Å². The standard InChI is InChI=1S/C19H26N4O2/c1-22(2)19(14-6-4-3-5-7-14)13-21-17-8-9-18(23(24)25)16-12-20-11-10-15(16)17/h8-12,14,19,21H,3-7,13H2,1-2H3. The van der Waals surface area contributed by atoms with Gasteiger partial charge in [-0.05, 0) is 45.0 Å². The molecular weight excluding hydrogens is 316 g/mol. The highest BCUT2D eigenvalue weighted by Crippen LogP contribution is 2.32. The molecule has 1 aromatic heterocycles. The zero-order valence-electron chi connectivity index (χ0n) is 14.9. The number of benzene rings is 1. The second-order valence-corrected chi connectivity index (χ2v) is 7.12. The van der Waals surface area contributed by atoms with Gasteiger partial charge in [0.1, 0.15) is 0 Å². The SMILES string of the molecule is CN(C)C(CNc1ccc([N+](=O)[O-])c2cnccc12)C1CCCCC1. The number of anilines is 1. The third-order valence-corrected chi connectivity index (χ3v) is 5.35. The summed E-state index contributed by atoms with van der Waals surface area (Å²) in [6.45, 7) is 0.840. The lowest BCUT2D eigenvalue weighted by Gasteiger charge is -2.35. The molecule has 0 aliphatic heterocycles. The fourth-order valence-corrected chi connectivity index (χ4v) is 3.99. The molecule has 1 fully saturated rings. The van der Waals surface area contributed by atoms with Crippen molar-refractivity contribution in [3.8, 4) is 0 Å². The molecule has 0 bridgehead atoms. The predicted octanol–water partition coefficient (Wildman–Crippen LogP) is 4.07. The van der Waals surface area contributed by atoms with E-state index in [2.05, 4.69) is 29.3 Å². The molecule has 1 aliphatic carbocycles. The average Bonchev–Trinajstić information content (AvgIpc) is 2.62. The lowest BCUT2D eigenvalue weighted by molar-refractivity contribution is -0.383. The largest absolute Gasteiger partial charge is 0.383 e. The van der Waals surface area contributed by atoms with Crippen LogP contribution in [0.2, 0.25) is 0 Å².